The molecular weight excluding hydrogens is 274 g/mol. The minimum Gasteiger partial charge on any atom is -0.337 e. The lowest BCUT2D eigenvalue weighted by atomic mass is 10.0. The quantitative estimate of drug-likeness (QED) is 0.875. The van der Waals surface area contributed by atoms with Gasteiger partial charge in [-0.2, -0.15) is 0 Å². The van der Waals surface area contributed by atoms with Crippen molar-refractivity contribution in [2.45, 2.75) is 45.8 Å². The summed E-state index contributed by atoms with van der Waals surface area (Å²) >= 11 is 0. The lowest BCUT2D eigenvalue weighted by molar-refractivity contribution is -0.135. The molecule has 22 heavy (non-hydrogen) atoms. The minimum atomic E-state index is -0.386. The molecule has 2 atom stereocenters. The van der Waals surface area contributed by atoms with Crippen molar-refractivity contribution in [3.63, 3.8) is 0 Å². The molecule has 4 heteroatoms. The van der Waals surface area contributed by atoms with Gasteiger partial charge in [0.1, 0.15) is 0 Å². The largest absolute Gasteiger partial charge is 0.337 e. The summed E-state index contributed by atoms with van der Waals surface area (Å²) in [7, 11) is 0. The number of likely N-dealkylation sites (tertiary alicyclic amines) is 1. The highest BCUT2D eigenvalue weighted by molar-refractivity contribution is 5.82. The second-order valence-corrected chi connectivity index (χ2v) is 6.56. The van der Waals surface area contributed by atoms with E-state index < -0.39 is 0 Å². The highest BCUT2D eigenvalue weighted by Crippen LogP contribution is 2.19. The monoisotopic (exact) mass is 303 g/mol. The number of likely N-dealkylation sites (N-methyl/N-ethyl adjacent to an activating group) is 1. The molecule has 1 aliphatic rings. The van der Waals surface area contributed by atoms with Crippen LogP contribution >= 0.6 is 0 Å². The first-order valence-electron chi connectivity index (χ1n) is 8.35. The first kappa shape index (κ1) is 17.0. The number of hydrogen-bond acceptors (Lipinski definition) is 3. The van der Waals surface area contributed by atoms with Crippen LogP contribution in [-0.4, -0.2) is 47.4 Å². The van der Waals surface area contributed by atoms with Gasteiger partial charge in [0, 0.05) is 32.2 Å². The van der Waals surface area contributed by atoms with E-state index in [4.69, 9.17) is 5.73 Å². The van der Waals surface area contributed by atoms with Crippen LogP contribution in [0.2, 0.25) is 0 Å². The van der Waals surface area contributed by atoms with Crippen molar-refractivity contribution in [3.8, 4) is 0 Å². The molecule has 1 heterocycles. The molecule has 1 amide bonds. The zero-order valence-electron chi connectivity index (χ0n) is 14.0. The second-order valence-electron chi connectivity index (χ2n) is 6.56. The van der Waals surface area contributed by atoms with Gasteiger partial charge in [0.2, 0.25) is 5.91 Å². The van der Waals surface area contributed by atoms with E-state index in [1.807, 2.05) is 31.7 Å². The molecule has 0 aromatic heterocycles. The van der Waals surface area contributed by atoms with E-state index in [1.165, 1.54) is 5.56 Å². The summed E-state index contributed by atoms with van der Waals surface area (Å²) in [6.07, 6.45) is 1.04. The number of amides is 1. The van der Waals surface area contributed by atoms with Gasteiger partial charge in [-0.1, -0.05) is 44.2 Å². The molecule has 1 fully saturated rings. The third-order valence-corrected chi connectivity index (χ3v) is 4.56. The van der Waals surface area contributed by atoms with Crippen LogP contribution in [-0.2, 0) is 11.3 Å². The Morgan fingerprint density at radius 2 is 2.05 bits per heavy atom. The molecule has 0 aliphatic carbocycles. The second kappa shape index (κ2) is 7.75. The molecule has 2 unspecified atom stereocenters. The van der Waals surface area contributed by atoms with Crippen molar-refractivity contribution in [1.29, 1.82) is 0 Å². The number of rotatable bonds is 6. The normalized spacial score (nSPS) is 20.3. The third-order valence-electron chi connectivity index (χ3n) is 4.56. The maximum atomic E-state index is 12.6. The van der Waals surface area contributed by atoms with E-state index >= 15 is 0 Å². The van der Waals surface area contributed by atoms with Crippen molar-refractivity contribution in [3.05, 3.63) is 35.9 Å². The van der Waals surface area contributed by atoms with Gasteiger partial charge in [0.25, 0.3) is 0 Å². The number of hydrogen-bond donors (Lipinski definition) is 1. The summed E-state index contributed by atoms with van der Waals surface area (Å²) < 4.78 is 0. The molecule has 1 aliphatic heterocycles. The van der Waals surface area contributed by atoms with Gasteiger partial charge in [-0.05, 0) is 24.8 Å². The van der Waals surface area contributed by atoms with Crippen LogP contribution in [0.4, 0.5) is 0 Å². The summed E-state index contributed by atoms with van der Waals surface area (Å²) in [5, 5.41) is 0. The van der Waals surface area contributed by atoms with Gasteiger partial charge < -0.3 is 10.6 Å². The zero-order chi connectivity index (χ0) is 16.1. The van der Waals surface area contributed by atoms with Crippen LogP contribution in [0.15, 0.2) is 30.3 Å². The molecule has 0 spiro atoms. The van der Waals surface area contributed by atoms with Gasteiger partial charge in [-0.15, -0.1) is 0 Å². The molecule has 1 aromatic rings. The number of nitrogens with zero attached hydrogens (tertiary/aromatic N) is 2. The van der Waals surface area contributed by atoms with Gasteiger partial charge in [-0.25, -0.2) is 0 Å². The fourth-order valence-corrected chi connectivity index (χ4v) is 3.12. The van der Waals surface area contributed by atoms with E-state index in [1.54, 1.807) is 0 Å². The molecule has 122 valence electrons. The van der Waals surface area contributed by atoms with Crippen molar-refractivity contribution < 1.29 is 4.79 Å². The van der Waals surface area contributed by atoms with Crippen LogP contribution in [0.5, 0.6) is 0 Å². The smallest absolute Gasteiger partial charge is 0.240 e. The van der Waals surface area contributed by atoms with Crippen molar-refractivity contribution in [1.82, 2.24) is 9.80 Å². The molecule has 0 radical (unpaired) electrons. The lowest BCUT2D eigenvalue weighted by Gasteiger charge is -2.31. The summed E-state index contributed by atoms with van der Waals surface area (Å²) in [5.41, 5.74) is 7.39. The molecule has 0 bridgehead atoms. The maximum Gasteiger partial charge on any atom is 0.240 e. The van der Waals surface area contributed by atoms with Crippen LogP contribution in [0.25, 0.3) is 0 Å². The molecule has 1 saturated heterocycles. The Balaban J connectivity index is 1.94. The summed E-state index contributed by atoms with van der Waals surface area (Å²) in [6.45, 7) is 9.74. The van der Waals surface area contributed by atoms with Gasteiger partial charge >= 0.3 is 0 Å². The predicted molar refractivity (Wildman–Crippen MR) is 90.3 cm³/mol. The number of benzene rings is 1. The highest BCUT2D eigenvalue weighted by Gasteiger charge is 2.32. The molecule has 2 N–H and O–H groups in total. The Kier molecular flexibility index (Phi) is 5.98. The number of nitrogens with two attached hydrogens (primary N) is 1. The standard InChI is InChI=1S/C18H29N3O/c1-4-21(18(22)17(19)14(2)3)16-10-11-20(13-16)12-15-8-6-5-7-9-15/h5-9,14,16-17H,4,10-13,19H2,1-3H3. The predicted octanol–water partition coefficient (Wildman–Crippen LogP) is 2.09. The van der Waals surface area contributed by atoms with E-state index in [-0.39, 0.29) is 17.9 Å². The molecular formula is C18H29N3O. The number of carbonyl (C=O) groups excluding carboxylic acids is 1. The Morgan fingerprint density at radius 1 is 1.36 bits per heavy atom. The maximum absolute atomic E-state index is 12.6. The van der Waals surface area contributed by atoms with E-state index in [2.05, 4.69) is 29.2 Å². The van der Waals surface area contributed by atoms with Crippen LogP contribution in [0.3, 0.4) is 0 Å². The molecule has 0 saturated carbocycles. The fourth-order valence-electron chi connectivity index (χ4n) is 3.12. The first-order valence-corrected chi connectivity index (χ1v) is 8.35. The van der Waals surface area contributed by atoms with E-state index in [9.17, 15) is 4.79 Å². The van der Waals surface area contributed by atoms with Crippen molar-refractivity contribution in [2.75, 3.05) is 19.6 Å². The van der Waals surface area contributed by atoms with Gasteiger partial charge in [0.15, 0.2) is 0 Å². The van der Waals surface area contributed by atoms with Crippen LogP contribution in [0.1, 0.15) is 32.8 Å². The Hall–Kier alpha value is -1.39. The van der Waals surface area contributed by atoms with Crippen molar-refractivity contribution in [2.24, 2.45) is 11.7 Å². The van der Waals surface area contributed by atoms with Gasteiger partial charge in [0.05, 0.1) is 6.04 Å². The average Bonchev–Trinajstić information content (AvgIpc) is 2.96. The van der Waals surface area contributed by atoms with Crippen LogP contribution < -0.4 is 5.73 Å². The fraction of sp³-hybridized carbons (Fsp3) is 0.611. The van der Waals surface area contributed by atoms with E-state index in [0.717, 1.165) is 32.6 Å². The molecule has 2 rings (SSSR count). The summed E-state index contributed by atoms with van der Waals surface area (Å²) in [4.78, 5) is 17.0. The minimum absolute atomic E-state index is 0.101. The SMILES string of the molecule is CCN(C(=O)C(N)C(C)C)C1CCN(Cc2ccccc2)C1. The first-order chi connectivity index (χ1) is 10.5. The average molecular weight is 303 g/mol. The lowest BCUT2D eigenvalue weighted by Crippen LogP contribution is -2.51. The summed E-state index contributed by atoms with van der Waals surface area (Å²) in [5.74, 6) is 0.285. The highest BCUT2D eigenvalue weighted by atomic mass is 16.2. The molecule has 4 nitrogen and oxygen atoms in total. The Morgan fingerprint density at radius 3 is 2.64 bits per heavy atom. The van der Waals surface area contributed by atoms with Gasteiger partial charge in [-0.3, -0.25) is 9.69 Å². The summed E-state index contributed by atoms with van der Waals surface area (Å²) in [6, 6.07) is 10.4. The number of carbonyl (C=O) groups is 1. The third kappa shape index (κ3) is 4.08. The Labute approximate surface area is 134 Å². The Bertz CT molecular complexity index is 474. The van der Waals surface area contributed by atoms with Crippen molar-refractivity contribution >= 4 is 5.91 Å². The van der Waals surface area contributed by atoms with Crippen LogP contribution in [0, 0.1) is 5.92 Å². The zero-order valence-corrected chi connectivity index (χ0v) is 14.0. The topological polar surface area (TPSA) is 49.6 Å². The molecule has 1 aromatic carbocycles. The van der Waals surface area contributed by atoms with E-state index in [0.29, 0.717) is 6.04 Å².